The number of amides is 1. The van der Waals surface area contributed by atoms with Crippen molar-refractivity contribution in [3.63, 3.8) is 0 Å². The van der Waals surface area contributed by atoms with Crippen LogP contribution in [0.15, 0.2) is 30.3 Å². The number of halogens is 1. The second kappa shape index (κ2) is 6.55. The first-order valence-corrected chi connectivity index (χ1v) is 9.10. The van der Waals surface area contributed by atoms with Crippen LogP contribution in [0.25, 0.3) is 21.6 Å². The summed E-state index contributed by atoms with van der Waals surface area (Å²) in [6, 6.07) is 8.18. The summed E-state index contributed by atoms with van der Waals surface area (Å²) in [5, 5.41) is 9.72. The lowest BCUT2D eigenvalue weighted by atomic mass is 10.1. The largest absolute Gasteiger partial charge is 0.305 e. The van der Waals surface area contributed by atoms with E-state index in [0.717, 1.165) is 16.6 Å². The van der Waals surface area contributed by atoms with Crippen LogP contribution >= 0.6 is 11.3 Å². The van der Waals surface area contributed by atoms with Crippen LogP contribution in [-0.4, -0.2) is 26.1 Å². The predicted octanol–water partition coefficient (Wildman–Crippen LogP) is 4.40. The molecule has 0 radical (unpaired) electrons. The number of anilines is 1. The third kappa shape index (κ3) is 3.31. The van der Waals surface area contributed by atoms with E-state index in [9.17, 15) is 9.18 Å². The van der Waals surface area contributed by atoms with Gasteiger partial charge in [0.15, 0.2) is 5.82 Å². The number of aryl methyl sites for hydroxylation is 3. The molecule has 0 saturated carbocycles. The Morgan fingerprint density at radius 1 is 1.11 bits per heavy atom. The lowest BCUT2D eigenvalue weighted by Crippen LogP contribution is -2.14. The smallest absolute Gasteiger partial charge is 0.259 e. The zero-order chi connectivity index (χ0) is 19.1. The average Bonchev–Trinajstić information content (AvgIpc) is 3.24. The van der Waals surface area contributed by atoms with Crippen molar-refractivity contribution in [1.82, 2.24) is 20.2 Å². The number of hydrogen-bond donors (Lipinski definition) is 2. The summed E-state index contributed by atoms with van der Waals surface area (Å²) in [6.07, 6.45) is 0. The maximum atomic E-state index is 14.0. The summed E-state index contributed by atoms with van der Waals surface area (Å²) < 4.78 is 14.0. The van der Waals surface area contributed by atoms with Gasteiger partial charge in [0, 0.05) is 17.0 Å². The van der Waals surface area contributed by atoms with Crippen LogP contribution in [0.3, 0.4) is 0 Å². The molecular weight excluding hydrogens is 365 g/mol. The molecule has 0 aliphatic rings. The maximum Gasteiger partial charge on any atom is 0.259 e. The Morgan fingerprint density at radius 2 is 1.89 bits per heavy atom. The third-order valence-electron chi connectivity index (χ3n) is 4.22. The minimum Gasteiger partial charge on any atom is -0.305 e. The van der Waals surface area contributed by atoms with Crippen LogP contribution in [0.5, 0.6) is 0 Å². The molecule has 1 aromatic carbocycles. The molecule has 3 heterocycles. The van der Waals surface area contributed by atoms with Gasteiger partial charge in [-0.25, -0.2) is 14.4 Å². The Balaban J connectivity index is 1.67. The first-order valence-electron chi connectivity index (χ1n) is 8.29. The molecule has 0 bridgehead atoms. The first kappa shape index (κ1) is 17.3. The number of benzene rings is 1. The number of hydrogen-bond acceptors (Lipinski definition) is 5. The Bertz CT molecular complexity index is 1180. The molecule has 0 fully saturated rings. The number of carbonyl (C=O) groups is 1. The molecule has 4 rings (SSSR count). The van der Waals surface area contributed by atoms with Crippen LogP contribution in [-0.2, 0) is 0 Å². The van der Waals surface area contributed by atoms with Gasteiger partial charge in [0.2, 0.25) is 0 Å². The van der Waals surface area contributed by atoms with E-state index < -0.39 is 11.7 Å². The molecule has 0 spiro atoms. The lowest BCUT2D eigenvalue weighted by Gasteiger charge is -2.08. The molecule has 0 saturated heterocycles. The van der Waals surface area contributed by atoms with Crippen LogP contribution < -0.4 is 5.32 Å². The van der Waals surface area contributed by atoms with Gasteiger partial charge in [-0.15, -0.1) is 11.3 Å². The second-order valence-corrected chi connectivity index (χ2v) is 7.53. The number of fused-ring (bicyclic) bond motifs is 1. The van der Waals surface area contributed by atoms with E-state index in [1.54, 1.807) is 31.3 Å². The number of thiophene rings is 1. The summed E-state index contributed by atoms with van der Waals surface area (Å²) in [7, 11) is 0. The van der Waals surface area contributed by atoms with Crippen molar-refractivity contribution in [3.8, 4) is 10.6 Å². The molecule has 0 atom stereocenters. The highest BCUT2D eigenvalue weighted by molar-refractivity contribution is 7.15. The molecule has 2 N–H and O–H groups in total. The normalized spacial score (nSPS) is 11.1. The van der Waals surface area contributed by atoms with Gasteiger partial charge in [-0.1, -0.05) is 0 Å². The van der Waals surface area contributed by atoms with Crippen molar-refractivity contribution in [2.75, 3.05) is 5.32 Å². The topological polar surface area (TPSA) is 83.6 Å². The highest BCUT2D eigenvalue weighted by Crippen LogP contribution is 2.28. The van der Waals surface area contributed by atoms with Gasteiger partial charge in [0.25, 0.3) is 5.91 Å². The van der Waals surface area contributed by atoms with Gasteiger partial charge in [0.05, 0.1) is 33.0 Å². The third-order valence-corrected chi connectivity index (χ3v) is 5.25. The fraction of sp³-hybridized carbons (Fsp3) is 0.158. The number of aromatic nitrogens is 4. The van der Waals surface area contributed by atoms with Crippen molar-refractivity contribution in [1.29, 1.82) is 0 Å². The van der Waals surface area contributed by atoms with Crippen molar-refractivity contribution >= 4 is 34.1 Å². The Kier molecular flexibility index (Phi) is 4.19. The summed E-state index contributed by atoms with van der Waals surface area (Å²) in [5.41, 5.74) is 3.03. The number of rotatable bonds is 3. The number of nitrogens with one attached hydrogen (secondary N) is 2. The van der Waals surface area contributed by atoms with Gasteiger partial charge < -0.3 is 5.32 Å². The Morgan fingerprint density at radius 3 is 2.63 bits per heavy atom. The molecule has 0 aliphatic carbocycles. The molecule has 4 aromatic rings. The van der Waals surface area contributed by atoms with Crippen molar-refractivity contribution < 1.29 is 9.18 Å². The van der Waals surface area contributed by atoms with Crippen molar-refractivity contribution in [3.05, 3.63) is 58.0 Å². The fourth-order valence-electron chi connectivity index (χ4n) is 2.75. The maximum absolute atomic E-state index is 14.0. The lowest BCUT2D eigenvalue weighted by molar-refractivity contribution is 0.102. The molecule has 27 heavy (non-hydrogen) atoms. The summed E-state index contributed by atoms with van der Waals surface area (Å²) in [6.45, 7) is 5.62. The molecule has 3 aromatic heterocycles. The van der Waals surface area contributed by atoms with Gasteiger partial charge in [-0.3, -0.25) is 9.89 Å². The Labute approximate surface area is 158 Å². The van der Waals surface area contributed by atoms with Crippen molar-refractivity contribution in [2.24, 2.45) is 0 Å². The minimum absolute atomic E-state index is 0.122. The first-order chi connectivity index (χ1) is 12.9. The number of aromatic amines is 1. The summed E-state index contributed by atoms with van der Waals surface area (Å²) in [4.78, 5) is 23.7. The molecular formula is C19H16FN5OS. The zero-order valence-corrected chi connectivity index (χ0v) is 15.7. The van der Waals surface area contributed by atoms with Crippen LogP contribution in [0.4, 0.5) is 10.2 Å². The zero-order valence-electron chi connectivity index (χ0n) is 14.9. The van der Waals surface area contributed by atoms with E-state index in [2.05, 4.69) is 25.5 Å². The average molecular weight is 381 g/mol. The predicted molar refractivity (Wildman–Crippen MR) is 104 cm³/mol. The fourth-order valence-corrected chi connectivity index (χ4v) is 3.58. The standard InChI is InChI=1S/C19H16FN5OS/c1-9-4-5-16(27-9)14-8-17(25-24-14)23-19(26)13-6-12(20)7-15-18(13)22-11(3)10(2)21-15/h4-8H,1-3H3,(H2,23,24,25,26). The molecule has 0 unspecified atom stereocenters. The SMILES string of the molecule is Cc1ccc(-c2cc(NC(=O)c3cc(F)cc4nc(C)c(C)nc34)n[nH]2)s1. The van der Waals surface area contributed by atoms with E-state index in [1.807, 2.05) is 19.1 Å². The molecule has 0 aliphatic heterocycles. The van der Waals surface area contributed by atoms with Gasteiger partial charge in [-0.2, -0.15) is 5.10 Å². The second-order valence-electron chi connectivity index (χ2n) is 6.25. The summed E-state index contributed by atoms with van der Waals surface area (Å²) >= 11 is 1.62. The highest BCUT2D eigenvalue weighted by atomic mass is 32.1. The van der Waals surface area contributed by atoms with Gasteiger partial charge >= 0.3 is 0 Å². The number of H-pyrrole nitrogens is 1. The summed E-state index contributed by atoms with van der Waals surface area (Å²) in [5.74, 6) is -0.672. The Hall–Kier alpha value is -3.13. The van der Waals surface area contributed by atoms with E-state index in [1.165, 1.54) is 10.9 Å². The van der Waals surface area contributed by atoms with Crippen LogP contribution in [0, 0.1) is 26.6 Å². The van der Waals surface area contributed by atoms with Gasteiger partial charge in [0.1, 0.15) is 11.3 Å². The van der Waals surface area contributed by atoms with E-state index in [0.29, 0.717) is 28.2 Å². The number of nitrogens with zero attached hydrogens (tertiary/aromatic N) is 3. The molecule has 6 nitrogen and oxygen atoms in total. The van der Waals surface area contributed by atoms with E-state index in [4.69, 9.17) is 0 Å². The highest BCUT2D eigenvalue weighted by Gasteiger charge is 2.17. The monoisotopic (exact) mass is 381 g/mol. The quantitative estimate of drug-likeness (QED) is 0.551. The van der Waals surface area contributed by atoms with E-state index >= 15 is 0 Å². The molecule has 8 heteroatoms. The van der Waals surface area contributed by atoms with Crippen LogP contribution in [0.2, 0.25) is 0 Å². The minimum atomic E-state index is -0.540. The van der Waals surface area contributed by atoms with Crippen LogP contribution in [0.1, 0.15) is 26.6 Å². The van der Waals surface area contributed by atoms with Gasteiger partial charge in [-0.05, 0) is 39.0 Å². The number of carbonyl (C=O) groups excluding carboxylic acids is 1. The van der Waals surface area contributed by atoms with E-state index in [-0.39, 0.29) is 5.56 Å². The molecule has 1 amide bonds. The molecule has 136 valence electrons. The van der Waals surface area contributed by atoms with Crippen molar-refractivity contribution in [2.45, 2.75) is 20.8 Å².